The molecule has 14 heavy (non-hydrogen) atoms. The molecule has 3 rings (SSSR count). The Morgan fingerprint density at radius 1 is 1.29 bits per heavy atom. The van der Waals surface area contributed by atoms with E-state index in [1.165, 1.54) is 0 Å². The summed E-state index contributed by atoms with van der Waals surface area (Å²) in [6, 6.07) is 9.55. The van der Waals surface area contributed by atoms with Crippen molar-refractivity contribution in [2.75, 3.05) is 0 Å². The summed E-state index contributed by atoms with van der Waals surface area (Å²) in [5, 5.41) is 0.989. The molecule has 0 saturated heterocycles. The van der Waals surface area contributed by atoms with Crippen molar-refractivity contribution in [2.24, 2.45) is 0 Å². The van der Waals surface area contributed by atoms with Gasteiger partial charge in [-0.05, 0) is 12.1 Å². The normalized spacial score (nSPS) is 11.1. The second kappa shape index (κ2) is 2.65. The lowest BCUT2D eigenvalue weighted by atomic mass is 10.2. The van der Waals surface area contributed by atoms with E-state index >= 15 is 0 Å². The molecule has 4 heteroatoms. The van der Waals surface area contributed by atoms with E-state index in [1.54, 1.807) is 0 Å². The summed E-state index contributed by atoms with van der Waals surface area (Å²) >= 11 is 1.11. The van der Waals surface area contributed by atoms with Gasteiger partial charge in [0.15, 0.2) is 0 Å². The third kappa shape index (κ3) is 1.04. The maximum atomic E-state index is 11.0. The molecule has 2 heterocycles. The fraction of sp³-hybridized carbons (Fsp3) is 0. The van der Waals surface area contributed by atoms with Crippen LogP contribution in [0, 0.1) is 0 Å². The first-order valence-corrected chi connectivity index (χ1v) is 4.94. The SMILES string of the molecule is O=c1nc2oc3ccccc3cc-2s1. The largest absolute Gasteiger partial charge is 0.437 e. The number of fused-ring (bicyclic) bond motifs is 2. The molecule has 0 atom stereocenters. The third-order valence-corrected chi connectivity index (χ3v) is 2.79. The van der Waals surface area contributed by atoms with E-state index in [-0.39, 0.29) is 4.87 Å². The molecule has 0 amide bonds. The molecule has 0 N–H and O–H groups in total. The number of hydrogen-bond donors (Lipinski definition) is 0. The summed E-state index contributed by atoms with van der Waals surface area (Å²) < 4.78 is 5.47. The van der Waals surface area contributed by atoms with Gasteiger partial charge >= 0.3 is 4.87 Å². The second-order valence-corrected chi connectivity index (χ2v) is 3.93. The topological polar surface area (TPSA) is 43.1 Å². The highest BCUT2D eigenvalue weighted by Crippen LogP contribution is 2.27. The van der Waals surface area contributed by atoms with E-state index in [1.807, 2.05) is 30.3 Å². The van der Waals surface area contributed by atoms with Crippen LogP contribution < -0.4 is 4.87 Å². The number of nitrogens with zero attached hydrogens (tertiary/aromatic N) is 1. The van der Waals surface area contributed by atoms with Crippen molar-refractivity contribution in [1.29, 1.82) is 0 Å². The average molecular weight is 203 g/mol. The highest BCUT2D eigenvalue weighted by Gasteiger charge is 2.11. The van der Waals surface area contributed by atoms with Gasteiger partial charge in [-0.15, -0.1) is 0 Å². The molecule has 0 saturated carbocycles. The van der Waals surface area contributed by atoms with Crippen molar-refractivity contribution in [3.8, 4) is 10.8 Å². The molecule has 0 unspecified atom stereocenters. The van der Waals surface area contributed by atoms with E-state index in [9.17, 15) is 4.79 Å². The van der Waals surface area contributed by atoms with Crippen molar-refractivity contribution in [1.82, 2.24) is 4.98 Å². The van der Waals surface area contributed by atoms with Crippen LogP contribution in [0.4, 0.5) is 0 Å². The molecule has 1 aromatic rings. The Morgan fingerprint density at radius 2 is 2.14 bits per heavy atom. The molecule has 0 bridgehead atoms. The zero-order valence-corrected chi connectivity index (χ0v) is 7.88. The van der Waals surface area contributed by atoms with Gasteiger partial charge in [0.05, 0.1) is 4.88 Å². The summed E-state index contributed by atoms with van der Waals surface area (Å²) in [5.74, 6) is 0.429. The molecule has 2 aliphatic rings. The Labute approximate surface area is 83.0 Å². The number of aromatic nitrogens is 1. The molecule has 0 spiro atoms. The molecule has 0 radical (unpaired) electrons. The Morgan fingerprint density at radius 3 is 3.07 bits per heavy atom. The summed E-state index contributed by atoms with van der Waals surface area (Å²) in [7, 11) is 0. The van der Waals surface area contributed by atoms with Gasteiger partial charge in [0.25, 0.3) is 0 Å². The predicted molar refractivity (Wildman–Crippen MR) is 54.8 cm³/mol. The summed E-state index contributed by atoms with van der Waals surface area (Å²) in [4.78, 5) is 15.4. The highest BCUT2D eigenvalue weighted by atomic mass is 32.1. The molecule has 3 nitrogen and oxygen atoms in total. The van der Waals surface area contributed by atoms with Crippen LogP contribution in [0.25, 0.3) is 21.7 Å². The van der Waals surface area contributed by atoms with E-state index in [4.69, 9.17) is 4.42 Å². The van der Waals surface area contributed by atoms with Gasteiger partial charge in [-0.25, -0.2) is 0 Å². The van der Waals surface area contributed by atoms with Crippen molar-refractivity contribution in [2.45, 2.75) is 0 Å². The Bertz CT molecular complexity index is 573. The smallest absolute Gasteiger partial charge is 0.330 e. The van der Waals surface area contributed by atoms with E-state index in [0.29, 0.717) is 5.89 Å². The van der Waals surface area contributed by atoms with Crippen molar-refractivity contribution < 1.29 is 4.42 Å². The lowest BCUT2D eigenvalue weighted by Crippen LogP contribution is -1.90. The minimum atomic E-state index is -0.209. The quantitative estimate of drug-likeness (QED) is 0.563. The van der Waals surface area contributed by atoms with E-state index in [2.05, 4.69) is 4.98 Å². The Balaban J connectivity index is 2.53. The summed E-state index contributed by atoms with van der Waals surface area (Å²) in [5.41, 5.74) is 0.755. The number of benzene rings is 1. The minimum absolute atomic E-state index is 0.209. The average Bonchev–Trinajstić information content (AvgIpc) is 2.53. The zero-order chi connectivity index (χ0) is 9.54. The zero-order valence-electron chi connectivity index (χ0n) is 7.06. The summed E-state index contributed by atoms with van der Waals surface area (Å²) in [6.45, 7) is 0. The van der Waals surface area contributed by atoms with Gasteiger partial charge in [0.1, 0.15) is 5.58 Å². The monoisotopic (exact) mass is 203 g/mol. The van der Waals surface area contributed by atoms with Crippen molar-refractivity contribution in [3.63, 3.8) is 0 Å². The van der Waals surface area contributed by atoms with E-state index in [0.717, 1.165) is 27.2 Å². The lowest BCUT2D eigenvalue weighted by Gasteiger charge is -1.98. The number of hydrogen-bond acceptors (Lipinski definition) is 4. The molecular formula is C10H5NO2S. The molecule has 0 aliphatic carbocycles. The van der Waals surface area contributed by atoms with Crippen LogP contribution in [-0.4, -0.2) is 4.98 Å². The van der Waals surface area contributed by atoms with Gasteiger partial charge in [0, 0.05) is 5.39 Å². The van der Waals surface area contributed by atoms with Crippen LogP contribution in [0.15, 0.2) is 39.5 Å². The molecule has 68 valence electrons. The molecule has 0 aromatic heterocycles. The minimum Gasteiger partial charge on any atom is -0.437 e. The van der Waals surface area contributed by atoms with Crippen LogP contribution in [0.5, 0.6) is 0 Å². The van der Waals surface area contributed by atoms with Crippen molar-refractivity contribution in [3.05, 3.63) is 40.0 Å². The number of rotatable bonds is 0. The van der Waals surface area contributed by atoms with Crippen LogP contribution in [0.1, 0.15) is 0 Å². The van der Waals surface area contributed by atoms with Crippen LogP contribution in [0.3, 0.4) is 0 Å². The van der Waals surface area contributed by atoms with Gasteiger partial charge in [-0.1, -0.05) is 29.5 Å². The van der Waals surface area contributed by atoms with Crippen LogP contribution in [0.2, 0.25) is 0 Å². The molecular weight excluding hydrogens is 198 g/mol. The first-order valence-electron chi connectivity index (χ1n) is 4.12. The number of para-hydroxylation sites is 1. The Hall–Kier alpha value is -1.68. The standard InChI is InChI=1S/C10H5NO2S/c12-10-11-9-8(14-10)5-6-3-1-2-4-7(6)13-9/h1-5H. The summed E-state index contributed by atoms with van der Waals surface area (Å²) in [6.07, 6.45) is 0. The molecule has 1 aromatic carbocycles. The molecule has 2 aliphatic heterocycles. The third-order valence-electron chi connectivity index (χ3n) is 2.01. The van der Waals surface area contributed by atoms with Crippen molar-refractivity contribution >= 4 is 22.3 Å². The fourth-order valence-electron chi connectivity index (χ4n) is 1.40. The van der Waals surface area contributed by atoms with Gasteiger partial charge in [0.2, 0.25) is 5.89 Å². The van der Waals surface area contributed by atoms with Gasteiger partial charge in [-0.3, -0.25) is 4.79 Å². The fourth-order valence-corrected chi connectivity index (χ4v) is 2.08. The predicted octanol–water partition coefficient (Wildman–Crippen LogP) is 2.35. The Kier molecular flexibility index (Phi) is 1.46. The maximum absolute atomic E-state index is 11.0. The van der Waals surface area contributed by atoms with Crippen LogP contribution >= 0.6 is 11.3 Å². The van der Waals surface area contributed by atoms with E-state index < -0.39 is 0 Å². The first-order chi connectivity index (χ1) is 6.83. The lowest BCUT2D eigenvalue weighted by molar-refractivity contribution is 0.602. The first kappa shape index (κ1) is 7.70. The maximum Gasteiger partial charge on any atom is 0.330 e. The highest BCUT2D eigenvalue weighted by molar-refractivity contribution is 7.13. The second-order valence-electron chi connectivity index (χ2n) is 2.93. The van der Waals surface area contributed by atoms with Crippen LogP contribution in [-0.2, 0) is 0 Å². The molecule has 0 fully saturated rings. The number of thiazole rings is 1. The van der Waals surface area contributed by atoms with Gasteiger partial charge < -0.3 is 4.42 Å². The van der Waals surface area contributed by atoms with Gasteiger partial charge in [-0.2, -0.15) is 4.98 Å².